The van der Waals surface area contributed by atoms with Gasteiger partial charge < -0.3 is 15.4 Å². The van der Waals surface area contributed by atoms with Crippen LogP contribution < -0.4 is 10.5 Å². The van der Waals surface area contributed by atoms with Crippen LogP contribution in [0.25, 0.3) is 0 Å². The maximum atomic E-state index is 13.0. The third-order valence-corrected chi connectivity index (χ3v) is 5.54. The third-order valence-electron chi connectivity index (χ3n) is 5.54. The molecular weight excluding hydrogens is 324 g/mol. The summed E-state index contributed by atoms with van der Waals surface area (Å²) < 4.78 is 5.96. The third kappa shape index (κ3) is 3.75. The van der Waals surface area contributed by atoms with E-state index in [2.05, 4.69) is 12.1 Å². The first-order valence-corrected chi connectivity index (χ1v) is 9.53. The van der Waals surface area contributed by atoms with Gasteiger partial charge in [-0.2, -0.15) is 0 Å². The molecule has 0 radical (unpaired) electrons. The average Bonchev–Trinajstić information content (AvgIpc) is 3.44. The molecule has 1 amide bonds. The molecule has 1 saturated heterocycles. The highest BCUT2D eigenvalue weighted by Crippen LogP contribution is 2.41. The van der Waals surface area contributed by atoms with Crippen molar-refractivity contribution >= 4 is 5.91 Å². The normalized spacial score (nSPS) is 22.4. The Bertz CT molecular complexity index is 758. The number of para-hydroxylation sites is 1. The number of hydrogen-bond acceptors (Lipinski definition) is 3. The fourth-order valence-corrected chi connectivity index (χ4v) is 3.91. The molecule has 4 heteroatoms. The standard InChI is InChI=1S/C22H26N2O2/c23-20-15-24(14-19(20)17-10-11-17)22(25)18-8-4-5-9-21(18)26-13-12-16-6-2-1-3-7-16/h1-9,17,19-20H,10-15,23H2/t19-,20+/m0/s1. The Morgan fingerprint density at radius 3 is 2.54 bits per heavy atom. The molecule has 2 N–H and O–H groups in total. The summed E-state index contributed by atoms with van der Waals surface area (Å²) in [4.78, 5) is 14.9. The number of ether oxygens (including phenoxy) is 1. The molecule has 1 aliphatic carbocycles. The highest BCUT2D eigenvalue weighted by molar-refractivity contribution is 5.97. The molecule has 136 valence electrons. The van der Waals surface area contributed by atoms with E-state index in [1.54, 1.807) is 0 Å². The smallest absolute Gasteiger partial charge is 0.257 e. The van der Waals surface area contributed by atoms with Crippen LogP contribution in [0.5, 0.6) is 5.75 Å². The van der Waals surface area contributed by atoms with Gasteiger partial charge in [0.2, 0.25) is 0 Å². The Morgan fingerprint density at radius 1 is 1.04 bits per heavy atom. The Labute approximate surface area is 155 Å². The second-order valence-electron chi connectivity index (χ2n) is 7.46. The number of nitrogens with two attached hydrogens (primary N) is 1. The monoisotopic (exact) mass is 350 g/mol. The van der Waals surface area contributed by atoms with Gasteiger partial charge in [0.1, 0.15) is 5.75 Å². The molecule has 26 heavy (non-hydrogen) atoms. The van der Waals surface area contributed by atoms with Crippen LogP contribution in [0, 0.1) is 11.8 Å². The van der Waals surface area contributed by atoms with E-state index in [1.807, 2.05) is 47.4 Å². The molecule has 2 aromatic carbocycles. The van der Waals surface area contributed by atoms with Crippen LogP contribution in [0.2, 0.25) is 0 Å². The Hall–Kier alpha value is -2.33. The van der Waals surface area contributed by atoms with Gasteiger partial charge in [0.05, 0.1) is 12.2 Å². The van der Waals surface area contributed by atoms with Crippen molar-refractivity contribution in [3.05, 3.63) is 65.7 Å². The Kier molecular flexibility index (Phi) is 4.93. The minimum absolute atomic E-state index is 0.0407. The molecule has 4 rings (SSSR count). The van der Waals surface area contributed by atoms with Gasteiger partial charge in [0, 0.05) is 25.6 Å². The van der Waals surface area contributed by atoms with E-state index in [0.29, 0.717) is 30.4 Å². The first-order valence-electron chi connectivity index (χ1n) is 9.53. The Morgan fingerprint density at radius 2 is 1.77 bits per heavy atom. The van der Waals surface area contributed by atoms with E-state index >= 15 is 0 Å². The van der Waals surface area contributed by atoms with Crippen LogP contribution >= 0.6 is 0 Å². The predicted octanol–water partition coefficient (Wildman–Crippen LogP) is 3.12. The van der Waals surface area contributed by atoms with Crippen molar-refractivity contribution in [2.75, 3.05) is 19.7 Å². The van der Waals surface area contributed by atoms with E-state index in [9.17, 15) is 4.79 Å². The van der Waals surface area contributed by atoms with E-state index in [1.165, 1.54) is 18.4 Å². The van der Waals surface area contributed by atoms with Gasteiger partial charge in [-0.15, -0.1) is 0 Å². The lowest BCUT2D eigenvalue weighted by Gasteiger charge is -2.18. The summed E-state index contributed by atoms with van der Waals surface area (Å²) >= 11 is 0. The van der Waals surface area contributed by atoms with Gasteiger partial charge in [0.25, 0.3) is 5.91 Å². The van der Waals surface area contributed by atoms with E-state index in [4.69, 9.17) is 10.5 Å². The van der Waals surface area contributed by atoms with E-state index in [-0.39, 0.29) is 11.9 Å². The number of carbonyl (C=O) groups excluding carboxylic acids is 1. The SMILES string of the molecule is N[C@@H]1CN(C(=O)c2ccccc2OCCc2ccccc2)C[C@H]1C1CC1. The number of rotatable bonds is 6. The fourth-order valence-electron chi connectivity index (χ4n) is 3.91. The van der Waals surface area contributed by atoms with Crippen LogP contribution in [0.3, 0.4) is 0 Å². The molecule has 2 atom stereocenters. The van der Waals surface area contributed by atoms with Crippen molar-refractivity contribution in [1.29, 1.82) is 0 Å². The average molecular weight is 350 g/mol. The van der Waals surface area contributed by atoms with Crippen molar-refractivity contribution in [2.45, 2.75) is 25.3 Å². The van der Waals surface area contributed by atoms with Gasteiger partial charge >= 0.3 is 0 Å². The molecule has 0 bridgehead atoms. The van der Waals surface area contributed by atoms with Crippen molar-refractivity contribution in [3.8, 4) is 5.75 Å². The van der Waals surface area contributed by atoms with Crippen LogP contribution in [-0.4, -0.2) is 36.5 Å². The molecule has 0 spiro atoms. The van der Waals surface area contributed by atoms with Crippen LogP contribution in [-0.2, 0) is 6.42 Å². The lowest BCUT2D eigenvalue weighted by atomic mass is 9.99. The fraction of sp³-hybridized carbons (Fsp3) is 0.409. The molecule has 2 aromatic rings. The number of benzene rings is 2. The van der Waals surface area contributed by atoms with Gasteiger partial charge in [-0.1, -0.05) is 42.5 Å². The van der Waals surface area contributed by atoms with Crippen LogP contribution in [0.15, 0.2) is 54.6 Å². The topological polar surface area (TPSA) is 55.6 Å². The van der Waals surface area contributed by atoms with Crippen molar-refractivity contribution < 1.29 is 9.53 Å². The summed E-state index contributed by atoms with van der Waals surface area (Å²) in [6.45, 7) is 1.99. The highest BCUT2D eigenvalue weighted by Gasteiger charge is 2.42. The maximum Gasteiger partial charge on any atom is 0.257 e. The number of hydrogen-bond donors (Lipinski definition) is 1. The number of likely N-dealkylation sites (tertiary alicyclic amines) is 1. The van der Waals surface area contributed by atoms with Crippen molar-refractivity contribution in [3.63, 3.8) is 0 Å². The van der Waals surface area contributed by atoms with Gasteiger partial charge in [-0.3, -0.25) is 4.79 Å². The molecule has 1 saturated carbocycles. The molecule has 2 aliphatic rings. The summed E-state index contributed by atoms with van der Waals surface area (Å²) in [6.07, 6.45) is 3.35. The zero-order valence-electron chi connectivity index (χ0n) is 15.0. The zero-order valence-corrected chi connectivity index (χ0v) is 15.0. The van der Waals surface area contributed by atoms with Gasteiger partial charge in [0.15, 0.2) is 0 Å². The summed E-state index contributed by atoms with van der Waals surface area (Å²) in [5.74, 6) is 1.89. The first-order chi connectivity index (χ1) is 12.7. The molecule has 0 unspecified atom stereocenters. The quantitative estimate of drug-likeness (QED) is 0.871. The van der Waals surface area contributed by atoms with E-state index < -0.39 is 0 Å². The summed E-state index contributed by atoms with van der Waals surface area (Å²) in [5, 5.41) is 0. The zero-order chi connectivity index (χ0) is 17.9. The second kappa shape index (κ2) is 7.50. The summed E-state index contributed by atoms with van der Waals surface area (Å²) in [6, 6.07) is 17.9. The second-order valence-corrected chi connectivity index (χ2v) is 7.46. The molecular formula is C22H26N2O2. The van der Waals surface area contributed by atoms with E-state index in [0.717, 1.165) is 18.9 Å². The van der Waals surface area contributed by atoms with Crippen molar-refractivity contribution in [1.82, 2.24) is 4.90 Å². The summed E-state index contributed by atoms with van der Waals surface area (Å²) in [5.41, 5.74) is 8.16. The van der Waals surface area contributed by atoms with Crippen LogP contribution in [0.1, 0.15) is 28.8 Å². The maximum absolute atomic E-state index is 13.0. The molecule has 2 fully saturated rings. The lowest BCUT2D eigenvalue weighted by molar-refractivity contribution is 0.0780. The van der Waals surface area contributed by atoms with Crippen molar-refractivity contribution in [2.24, 2.45) is 17.6 Å². The number of amides is 1. The minimum atomic E-state index is 0.0407. The van der Waals surface area contributed by atoms with Gasteiger partial charge in [-0.25, -0.2) is 0 Å². The molecule has 1 heterocycles. The Balaban J connectivity index is 1.41. The van der Waals surface area contributed by atoms with Crippen LogP contribution in [0.4, 0.5) is 0 Å². The molecule has 1 aliphatic heterocycles. The lowest BCUT2D eigenvalue weighted by Crippen LogP contribution is -2.32. The highest BCUT2D eigenvalue weighted by atomic mass is 16.5. The summed E-state index contributed by atoms with van der Waals surface area (Å²) in [7, 11) is 0. The minimum Gasteiger partial charge on any atom is -0.492 e. The molecule has 0 aromatic heterocycles. The number of carbonyl (C=O) groups is 1. The van der Waals surface area contributed by atoms with Gasteiger partial charge in [-0.05, 0) is 42.4 Å². The predicted molar refractivity (Wildman–Crippen MR) is 102 cm³/mol. The number of nitrogens with zero attached hydrogens (tertiary/aromatic N) is 1. The molecule has 4 nitrogen and oxygen atoms in total. The largest absolute Gasteiger partial charge is 0.492 e. The first kappa shape index (κ1) is 17.1.